The monoisotopic (exact) mass is 413 g/mol. The van der Waals surface area contributed by atoms with Crippen molar-refractivity contribution in [2.45, 2.75) is 26.6 Å². The van der Waals surface area contributed by atoms with Crippen LogP contribution in [0.2, 0.25) is 0 Å². The van der Waals surface area contributed by atoms with Crippen LogP contribution in [0.5, 0.6) is 0 Å². The van der Waals surface area contributed by atoms with Crippen LogP contribution in [0.15, 0.2) is 24.3 Å². The first-order valence-electron chi connectivity index (χ1n) is 10.2. The summed E-state index contributed by atoms with van der Waals surface area (Å²) in [6.45, 7) is 7.36. The van der Waals surface area contributed by atoms with Crippen molar-refractivity contribution in [1.82, 2.24) is 34.9 Å². The number of amides is 2. The van der Waals surface area contributed by atoms with Crippen LogP contribution < -0.4 is 0 Å². The van der Waals surface area contributed by atoms with Crippen LogP contribution in [0.4, 0.5) is 0 Å². The highest BCUT2D eigenvalue weighted by Gasteiger charge is 2.28. The van der Waals surface area contributed by atoms with Crippen LogP contribution in [0.1, 0.15) is 17.0 Å². The Morgan fingerprint density at radius 2 is 1.83 bits per heavy atom. The number of piperazine rings is 1. The van der Waals surface area contributed by atoms with Gasteiger partial charge >= 0.3 is 0 Å². The molecule has 10 nitrogen and oxygen atoms in total. The molecule has 2 aliphatic heterocycles. The van der Waals surface area contributed by atoms with Crippen LogP contribution in [-0.2, 0) is 34.0 Å². The van der Waals surface area contributed by atoms with Crippen LogP contribution in [0, 0.1) is 6.92 Å². The summed E-state index contributed by atoms with van der Waals surface area (Å²) in [5, 5.41) is 11.8. The lowest BCUT2D eigenvalue weighted by Crippen LogP contribution is -2.52. The second-order valence-corrected chi connectivity index (χ2v) is 7.76. The van der Waals surface area contributed by atoms with E-state index in [-0.39, 0.29) is 24.9 Å². The van der Waals surface area contributed by atoms with Gasteiger partial charge in [0.05, 0.1) is 26.3 Å². The first-order valence-corrected chi connectivity index (χ1v) is 10.2. The Morgan fingerprint density at radius 3 is 2.57 bits per heavy atom. The van der Waals surface area contributed by atoms with E-state index in [1.165, 1.54) is 10.2 Å². The standard InChI is InChI=1S/C20H27N7O3/c1-16-2-4-17(5-3-16)12-25-6-7-26(14-19(25)28)20(29)15-27-18(21-22-23-27)13-24-8-10-30-11-9-24/h2-5H,6-15H2,1H3. The minimum absolute atomic E-state index is 0.0396. The fraction of sp³-hybridized carbons (Fsp3) is 0.550. The van der Waals surface area contributed by atoms with Gasteiger partial charge in [-0.3, -0.25) is 14.5 Å². The molecule has 2 aliphatic rings. The van der Waals surface area contributed by atoms with Crippen LogP contribution in [0.25, 0.3) is 0 Å². The van der Waals surface area contributed by atoms with E-state index < -0.39 is 0 Å². The second-order valence-electron chi connectivity index (χ2n) is 7.76. The maximum atomic E-state index is 12.8. The number of tetrazole rings is 1. The van der Waals surface area contributed by atoms with E-state index in [1.54, 1.807) is 9.80 Å². The van der Waals surface area contributed by atoms with E-state index in [1.807, 2.05) is 31.2 Å². The quantitative estimate of drug-likeness (QED) is 0.641. The molecule has 2 aromatic rings. The Balaban J connectivity index is 1.30. The number of rotatable bonds is 6. The fourth-order valence-corrected chi connectivity index (χ4v) is 3.65. The molecular formula is C20H27N7O3. The molecule has 1 aromatic heterocycles. The first kappa shape index (κ1) is 20.4. The van der Waals surface area contributed by atoms with Gasteiger partial charge in [-0.2, -0.15) is 0 Å². The number of hydrogen-bond donors (Lipinski definition) is 0. The highest BCUT2D eigenvalue weighted by molar-refractivity contribution is 5.85. The molecule has 2 fully saturated rings. The van der Waals surface area contributed by atoms with E-state index >= 15 is 0 Å². The van der Waals surface area contributed by atoms with Gasteiger partial charge in [0.15, 0.2) is 5.82 Å². The molecule has 10 heteroatoms. The van der Waals surface area contributed by atoms with Crippen molar-refractivity contribution in [3.63, 3.8) is 0 Å². The van der Waals surface area contributed by atoms with Gasteiger partial charge in [-0.15, -0.1) is 5.10 Å². The zero-order chi connectivity index (χ0) is 20.9. The Hall–Kier alpha value is -2.85. The normalized spacial score (nSPS) is 18.1. The number of aryl methyl sites for hydroxylation is 1. The predicted molar refractivity (Wildman–Crippen MR) is 107 cm³/mol. The van der Waals surface area contributed by atoms with Gasteiger partial charge in [-0.1, -0.05) is 29.8 Å². The summed E-state index contributed by atoms with van der Waals surface area (Å²) in [7, 11) is 0. The summed E-state index contributed by atoms with van der Waals surface area (Å²) in [6.07, 6.45) is 0. The molecule has 0 bridgehead atoms. The Morgan fingerprint density at radius 1 is 1.07 bits per heavy atom. The Kier molecular flexibility index (Phi) is 6.34. The summed E-state index contributed by atoms with van der Waals surface area (Å²) in [5.74, 6) is 0.462. The van der Waals surface area contributed by atoms with Crippen molar-refractivity contribution in [3.8, 4) is 0 Å². The van der Waals surface area contributed by atoms with E-state index in [9.17, 15) is 9.59 Å². The summed E-state index contributed by atoms with van der Waals surface area (Å²) in [4.78, 5) is 30.9. The summed E-state index contributed by atoms with van der Waals surface area (Å²) in [5.41, 5.74) is 2.28. The molecule has 0 atom stereocenters. The molecule has 0 N–H and O–H groups in total. The van der Waals surface area contributed by atoms with E-state index in [2.05, 4.69) is 20.4 Å². The third-order valence-corrected chi connectivity index (χ3v) is 5.53. The van der Waals surface area contributed by atoms with Crippen molar-refractivity contribution in [3.05, 3.63) is 41.2 Å². The molecule has 160 valence electrons. The van der Waals surface area contributed by atoms with E-state index in [0.29, 0.717) is 45.2 Å². The van der Waals surface area contributed by atoms with Crippen molar-refractivity contribution < 1.29 is 14.3 Å². The Bertz CT molecular complexity index is 877. The fourth-order valence-electron chi connectivity index (χ4n) is 3.65. The zero-order valence-corrected chi connectivity index (χ0v) is 17.2. The SMILES string of the molecule is Cc1ccc(CN2CCN(C(=O)Cn3nnnc3CN3CCOCC3)CC2=O)cc1. The Labute approximate surface area is 175 Å². The largest absolute Gasteiger partial charge is 0.379 e. The van der Waals surface area contributed by atoms with Gasteiger partial charge in [-0.05, 0) is 22.9 Å². The van der Waals surface area contributed by atoms with E-state index in [4.69, 9.17) is 4.74 Å². The second kappa shape index (κ2) is 9.31. The third-order valence-electron chi connectivity index (χ3n) is 5.53. The predicted octanol–water partition coefficient (Wildman–Crippen LogP) is -0.315. The summed E-state index contributed by atoms with van der Waals surface area (Å²) < 4.78 is 6.89. The van der Waals surface area contributed by atoms with Crippen LogP contribution >= 0.6 is 0 Å². The molecule has 3 heterocycles. The minimum atomic E-state index is -0.145. The maximum Gasteiger partial charge on any atom is 0.244 e. The molecule has 0 saturated carbocycles. The number of carbonyl (C=O) groups excluding carboxylic acids is 2. The molecule has 0 radical (unpaired) electrons. The number of hydrogen-bond acceptors (Lipinski definition) is 7. The highest BCUT2D eigenvalue weighted by Crippen LogP contribution is 2.12. The minimum Gasteiger partial charge on any atom is -0.379 e. The lowest BCUT2D eigenvalue weighted by Gasteiger charge is -2.34. The maximum absolute atomic E-state index is 12.8. The van der Waals surface area contributed by atoms with Gasteiger partial charge in [0.2, 0.25) is 11.8 Å². The lowest BCUT2D eigenvalue weighted by atomic mass is 10.1. The zero-order valence-electron chi connectivity index (χ0n) is 17.2. The summed E-state index contributed by atoms with van der Waals surface area (Å²) in [6, 6.07) is 8.15. The van der Waals surface area contributed by atoms with Gasteiger partial charge in [0, 0.05) is 32.7 Å². The van der Waals surface area contributed by atoms with Gasteiger partial charge in [0.25, 0.3) is 0 Å². The third kappa shape index (κ3) is 5.00. The molecule has 0 unspecified atom stereocenters. The van der Waals surface area contributed by atoms with E-state index in [0.717, 1.165) is 18.7 Å². The highest BCUT2D eigenvalue weighted by atomic mass is 16.5. The lowest BCUT2D eigenvalue weighted by molar-refractivity contribution is -0.146. The molecule has 4 rings (SSSR count). The topological polar surface area (TPSA) is 96.7 Å². The first-order chi connectivity index (χ1) is 14.6. The number of carbonyl (C=O) groups is 2. The van der Waals surface area contributed by atoms with Gasteiger partial charge in [0.1, 0.15) is 6.54 Å². The van der Waals surface area contributed by atoms with Crippen molar-refractivity contribution in [1.29, 1.82) is 0 Å². The number of benzene rings is 1. The molecule has 2 amide bonds. The van der Waals surface area contributed by atoms with Crippen molar-refractivity contribution in [2.24, 2.45) is 0 Å². The number of aromatic nitrogens is 4. The van der Waals surface area contributed by atoms with Crippen molar-refractivity contribution in [2.75, 3.05) is 45.9 Å². The molecule has 0 spiro atoms. The smallest absolute Gasteiger partial charge is 0.244 e. The number of nitrogens with zero attached hydrogens (tertiary/aromatic N) is 7. The molecule has 1 aromatic carbocycles. The molecule has 30 heavy (non-hydrogen) atoms. The van der Waals surface area contributed by atoms with Crippen LogP contribution in [0.3, 0.4) is 0 Å². The molecular weight excluding hydrogens is 386 g/mol. The van der Waals surface area contributed by atoms with Crippen molar-refractivity contribution >= 4 is 11.8 Å². The molecule has 0 aliphatic carbocycles. The van der Waals surface area contributed by atoms with Gasteiger partial charge in [-0.25, -0.2) is 4.68 Å². The van der Waals surface area contributed by atoms with Gasteiger partial charge < -0.3 is 14.5 Å². The average Bonchev–Trinajstić information content (AvgIpc) is 3.18. The van der Waals surface area contributed by atoms with Crippen LogP contribution in [-0.4, -0.2) is 92.7 Å². The molecule has 2 saturated heterocycles. The number of ether oxygens (including phenoxy) is 1. The average molecular weight is 413 g/mol. The summed E-state index contributed by atoms with van der Waals surface area (Å²) >= 11 is 0. The number of morpholine rings is 1.